The van der Waals surface area contributed by atoms with Crippen LogP contribution in [0.25, 0.3) is 10.8 Å². The Kier molecular flexibility index (Phi) is 14.8. The van der Waals surface area contributed by atoms with E-state index in [-0.39, 0.29) is 57.1 Å². The van der Waals surface area contributed by atoms with E-state index in [2.05, 4.69) is 31.3 Å². The van der Waals surface area contributed by atoms with Crippen molar-refractivity contribution in [1.29, 1.82) is 0 Å². The molecule has 0 unspecified atom stereocenters. The van der Waals surface area contributed by atoms with Gasteiger partial charge in [0.2, 0.25) is 29.5 Å². The molecule has 16 heteroatoms. The monoisotopic (exact) mass is 677 g/mol. The summed E-state index contributed by atoms with van der Waals surface area (Å²) < 4.78 is 0. The zero-order valence-electron chi connectivity index (χ0n) is 27.4. The van der Waals surface area contributed by atoms with Crippen molar-refractivity contribution in [2.45, 2.75) is 75.5 Å². The summed E-state index contributed by atoms with van der Waals surface area (Å²) >= 11 is 0. The van der Waals surface area contributed by atoms with E-state index in [1.54, 1.807) is 6.08 Å². The van der Waals surface area contributed by atoms with Gasteiger partial charge in [-0.25, -0.2) is 0 Å². The van der Waals surface area contributed by atoms with Crippen LogP contribution in [0.5, 0.6) is 0 Å². The van der Waals surface area contributed by atoms with Crippen molar-refractivity contribution in [3.63, 3.8) is 0 Å². The third-order valence-corrected chi connectivity index (χ3v) is 7.82. The number of rotatable bonds is 11. The number of amides is 5. The van der Waals surface area contributed by atoms with Crippen LogP contribution in [0.1, 0.15) is 50.5 Å². The molecular weight excluding hydrogens is 630 g/mol. The van der Waals surface area contributed by atoms with Crippen LogP contribution < -0.4 is 49.9 Å². The van der Waals surface area contributed by atoms with Crippen molar-refractivity contribution >= 4 is 52.2 Å². The first-order valence-electron chi connectivity index (χ1n) is 16.2. The number of aliphatic imine (C=N–C) groups is 2. The van der Waals surface area contributed by atoms with Crippen LogP contribution in [-0.4, -0.2) is 78.7 Å². The molecule has 2 aromatic carbocycles. The number of nitrogens with one attached hydrogen (secondary N) is 4. The minimum Gasteiger partial charge on any atom is -0.370 e. The van der Waals surface area contributed by atoms with Crippen molar-refractivity contribution in [2.75, 3.05) is 13.1 Å². The lowest BCUT2D eigenvalue weighted by Crippen LogP contribution is -2.58. The van der Waals surface area contributed by atoms with Crippen LogP contribution >= 0.6 is 0 Å². The van der Waals surface area contributed by atoms with Gasteiger partial charge >= 0.3 is 0 Å². The van der Waals surface area contributed by atoms with Gasteiger partial charge in [0.25, 0.3) is 0 Å². The van der Waals surface area contributed by atoms with E-state index in [9.17, 15) is 24.0 Å². The Morgan fingerprint density at radius 2 is 1.39 bits per heavy atom. The number of hydrogen-bond acceptors (Lipinski definition) is 7. The fraction of sp³-hybridized carbons (Fsp3) is 0.424. The number of benzene rings is 2. The lowest BCUT2D eigenvalue weighted by molar-refractivity contribution is -0.134. The first kappa shape index (κ1) is 37.8. The van der Waals surface area contributed by atoms with Gasteiger partial charge in [-0.1, -0.05) is 54.6 Å². The summed E-state index contributed by atoms with van der Waals surface area (Å²) in [6, 6.07) is 9.12. The van der Waals surface area contributed by atoms with E-state index in [1.807, 2.05) is 48.5 Å². The smallest absolute Gasteiger partial charge is 0.243 e. The maximum absolute atomic E-state index is 13.9. The predicted octanol–water partition coefficient (Wildman–Crippen LogP) is -1.35. The number of hydrogen-bond donors (Lipinski definition) is 9. The lowest BCUT2D eigenvalue weighted by Gasteiger charge is -2.26. The van der Waals surface area contributed by atoms with E-state index >= 15 is 0 Å². The second-order valence-corrected chi connectivity index (χ2v) is 11.7. The molecule has 0 aromatic heterocycles. The van der Waals surface area contributed by atoms with E-state index < -0.39 is 53.7 Å². The topological polar surface area (TPSA) is 288 Å². The molecule has 1 heterocycles. The van der Waals surface area contributed by atoms with E-state index in [1.165, 1.54) is 0 Å². The Balaban J connectivity index is 1.94. The number of allylic oxidation sites excluding steroid dienone is 2. The quantitative estimate of drug-likeness (QED) is 0.0587. The first-order valence-corrected chi connectivity index (χ1v) is 16.2. The molecule has 4 atom stereocenters. The Morgan fingerprint density at radius 1 is 0.755 bits per heavy atom. The number of fused-ring (bicyclic) bond motifs is 1. The highest BCUT2D eigenvalue weighted by Crippen LogP contribution is 2.17. The van der Waals surface area contributed by atoms with Gasteiger partial charge in [0, 0.05) is 19.4 Å². The summed E-state index contributed by atoms with van der Waals surface area (Å²) in [5, 5.41) is 12.9. The summed E-state index contributed by atoms with van der Waals surface area (Å²) in [6.07, 6.45) is 5.24. The molecule has 5 amide bonds. The first-order chi connectivity index (χ1) is 23.4. The summed E-state index contributed by atoms with van der Waals surface area (Å²) in [4.78, 5) is 73.9. The molecule has 14 N–H and O–H groups in total. The molecule has 1 aliphatic heterocycles. The molecule has 16 nitrogen and oxygen atoms in total. The van der Waals surface area contributed by atoms with Crippen LogP contribution in [0.4, 0.5) is 0 Å². The Hall–Kier alpha value is -5.67. The zero-order valence-corrected chi connectivity index (χ0v) is 27.4. The van der Waals surface area contributed by atoms with Crippen molar-refractivity contribution in [3.05, 3.63) is 60.2 Å². The predicted molar refractivity (Wildman–Crippen MR) is 187 cm³/mol. The summed E-state index contributed by atoms with van der Waals surface area (Å²) in [6.45, 7) is 0.207. The van der Waals surface area contributed by atoms with Gasteiger partial charge in [0.05, 0.1) is 6.54 Å². The van der Waals surface area contributed by atoms with Gasteiger partial charge in [-0.15, -0.1) is 0 Å². The number of nitrogens with two attached hydrogens (primary N) is 5. The second kappa shape index (κ2) is 19.2. The van der Waals surface area contributed by atoms with E-state index in [0.29, 0.717) is 19.3 Å². The lowest BCUT2D eigenvalue weighted by atomic mass is 9.99. The maximum Gasteiger partial charge on any atom is 0.243 e. The highest BCUT2D eigenvalue weighted by Gasteiger charge is 2.31. The minimum atomic E-state index is -1.14. The number of primary amides is 1. The minimum absolute atomic E-state index is 0.0277. The maximum atomic E-state index is 13.9. The third-order valence-electron chi connectivity index (χ3n) is 7.82. The van der Waals surface area contributed by atoms with Crippen LogP contribution in [0.3, 0.4) is 0 Å². The van der Waals surface area contributed by atoms with Crippen molar-refractivity contribution in [1.82, 2.24) is 21.3 Å². The number of guanidine groups is 2. The standard InChI is InChI=1S/C33H47N11O5/c34-28(46)23-10-3-1-2-4-11-24(41-27(45)15-17-40-33(37)38)29(47)43-25(12-7-16-39-32(35)36)30(48)44-26(31(49)42-23)19-20-13-14-21-8-5-6-9-22(21)18-20/h1-2,5-6,8-9,13-14,18,23-26H,3-4,7,10-12,15-17,19H2,(H2,34,46)(H,41,45)(H,42,49)(H,43,47)(H,44,48)(H4,35,36,39)(H4,37,38,40)/b2-1-/t23-,24+,25+,26+/m1/s1. The molecule has 3 rings (SSSR count). The van der Waals surface area contributed by atoms with Crippen LogP contribution in [0.2, 0.25) is 0 Å². The molecule has 0 radical (unpaired) electrons. The fourth-order valence-corrected chi connectivity index (χ4v) is 5.27. The molecule has 49 heavy (non-hydrogen) atoms. The molecule has 0 spiro atoms. The van der Waals surface area contributed by atoms with Crippen molar-refractivity contribution in [2.24, 2.45) is 38.7 Å². The summed E-state index contributed by atoms with van der Waals surface area (Å²) in [5.41, 5.74) is 28.0. The molecule has 0 saturated carbocycles. The van der Waals surface area contributed by atoms with Crippen LogP contribution in [0.15, 0.2) is 64.6 Å². The van der Waals surface area contributed by atoms with Crippen LogP contribution in [-0.2, 0) is 30.4 Å². The van der Waals surface area contributed by atoms with Gasteiger partial charge in [-0.2, -0.15) is 0 Å². The Labute approximate surface area is 284 Å². The third kappa shape index (κ3) is 13.2. The van der Waals surface area contributed by atoms with Gasteiger partial charge in [-0.05, 0) is 54.9 Å². The highest BCUT2D eigenvalue weighted by atomic mass is 16.2. The molecule has 264 valence electrons. The van der Waals surface area contributed by atoms with Gasteiger partial charge in [0.15, 0.2) is 11.9 Å². The Morgan fingerprint density at radius 3 is 2.08 bits per heavy atom. The summed E-state index contributed by atoms with van der Waals surface area (Å²) in [5.74, 6) is -3.33. The van der Waals surface area contributed by atoms with Crippen molar-refractivity contribution in [3.8, 4) is 0 Å². The molecule has 2 aromatic rings. The largest absolute Gasteiger partial charge is 0.370 e. The SMILES string of the molecule is NC(=O)[C@H]1CC/C=C\CC[C@H](NC(=O)CCN=C(N)N)C(=O)N[C@@H](CCCN=C(N)N)C(=O)N[C@@H](Cc2ccc3ccccc3c2)C(=O)N1. The fourth-order valence-electron chi connectivity index (χ4n) is 5.27. The molecule has 0 saturated heterocycles. The molecule has 0 bridgehead atoms. The highest BCUT2D eigenvalue weighted by molar-refractivity contribution is 5.95. The number of carbonyl (C=O) groups is 5. The molecule has 0 fully saturated rings. The second-order valence-electron chi connectivity index (χ2n) is 11.7. The van der Waals surface area contributed by atoms with Crippen molar-refractivity contribution < 1.29 is 24.0 Å². The average Bonchev–Trinajstić information content (AvgIpc) is 3.05. The summed E-state index contributed by atoms with van der Waals surface area (Å²) in [7, 11) is 0. The molecular formula is C33H47N11O5. The van der Waals surface area contributed by atoms with Gasteiger partial charge < -0.3 is 49.9 Å². The number of nitrogens with zero attached hydrogens (tertiary/aromatic N) is 2. The Bertz CT molecular complexity index is 1570. The normalized spacial score (nSPS) is 21.3. The van der Waals surface area contributed by atoms with Crippen LogP contribution in [0, 0.1) is 0 Å². The molecule has 1 aliphatic rings. The number of carbonyl (C=O) groups excluding carboxylic acids is 5. The van der Waals surface area contributed by atoms with E-state index in [0.717, 1.165) is 16.3 Å². The van der Waals surface area contributed by atoms with Gasteiger partial charge in [0.1, 0.15) is 24.2 Å². The average molecular weight is 678 g/mol. The molecule has 0 aliphatic carbocycles. The van der Waals surface area contributed by atoms with E-state index in [4.69, 9.17) is 28.7 Å². The van der Waals surface area contributed by atoms with Gasteiger partial charge in [-0.3, -0.25) is 34.0 Å². The zero-order chi connectivity index (χ0) is 35.8.